The van der Waals surface area contributed by atoms with Crippen LogP contribution >= 0.6 is 24.0 Å². The summed E-state index contributed by atoms with van der Waals surface area (Å²) in [4.78, 5) is 1.09. The lowest BCUT2D eigenvalue weighted by molar-refractivity contribution is 0.696. The van der Waals surface area contributed by atoms with Gasteiger partial charge in [0, 0.05) is 0 Å². The van der Waals surface area contributed by atoms with Crippen LogP contribution in [0, 0.1) is 0 Å². The fourth-order valence-electron chi connectivity index (χ4n) is 1.19. The highest BCUT2D eigenvalue weighted by Crippen LogP contribution is 2.37. The summed E-state index contributed by atoms with van der Waals surface area (Å²) >= 11 is 7.03. The highest BCUT2D eigenvalue weighted by atomic mass is 32.2. The van der Waals surface area contributed by atoms with E-state index in [0.717, 1.165) is 4.99 Å². The number of fused-ring (bicyclic) bond motifs is 2. The van der Waals surface area contributed by atoms with Gasteiger partial charge >= 0.3 is 0 Å². The Labute approximate surface area is 58.2 Å². The van der Waals surface area contributed by atoms with Crippen LogP contribution in [0.25, 0.3) is 0 Å². The van der Waals surface area contributed by atoms with Crippen LogP contribution in [0.4, 0.5) is 0 Å². The SMILES string of the molecule is S=C1NC2CCC1S2. The van der Waals surface area contributed by atoms with Crippen molar-refractivity contribution in [2.45, 2.75) is 23.5 Å². The second-order valence-electron chi connectivity index (χ2n) is 2.20. The van der Waals surface area contributed by atoms with E-state index in [9.17, 15) is 0 Å². The number of rotatable bonds is 0. The smallest absolute Gasteiger partial charge is 0.0894 e. The van der Waals surface area contributed by atoms with Gasteiger partial charge in [0.2, 0.25) is 0 Å². The molecule has 44 valence electrons. The topological polar surface area (TPSA) is 12.0 Å². The molecule has 0 amide bonds. The van der Waals surface area contributed by atoms with Gasteiger partial charge in [-0.3, -0.25) is 0 Å². The zero-order valence-electron chi connectivity index (χ0n) is 4.39. The van der Waals surface area contributed by atoms with Crippen molar-refractivity contribution in [2.75, 3.05) is 0 Å². The molecular weight excluding hydrogens is 138 g/mol. The number of thioether (sulfide) groups is 1. The maximum absolute atomic E-state index is 5.04. The molecule has 0 aromatic heterocycles. The van der Waals surface area contributed by atoms with Crippen LogP contribution < -0.4 is 5.32 Å². The zero-order valence-corrected chi connectivity index (χ0v) is 6.02. The molecule has 0 aromatic rings. The first-order valence-electron chi connectivity index (χ1n) is 2.82. The van der Waals surface area contributed by atoms with Crippen LogP contribution in [0.2, 0.25) is 0 Å². The molecule has 0 radical (unpaired) electrons. The summed E-state index contributed by atoms with van der Waals surface area (Å²) in [6, 6.07) is 0. The Balaban J connectivity index is 2.22. The first kappa shape index (κ1) is 5.06. The van der Waals surface area contributed by atoms with Crippen molar-refractivity contribution >= 4 is 29.0 Å². The van der Waals surface area contributed by atoms with Gasteiger partial charge in [-0.1, -0.05) is 12.2 Å². The van der Waals surface area contributed by atoms with Gasteiger partial charge in [0.1, 0.15) is 0 Å². The van der Waals surface area contributed by atoms with Crippen LogP contribution in [0.15, 0.2) is 0 Å². The summed E-state index contributed by atoms with van der Waals surface area (Å²) in [5.41, 5.74) is 0. The van der Waals surface area contributed by atoms with E-state index in [4.69, 9.17) is 12.2 Å². The minimum atomic E-state index is 0.674. The minimum Gasteiger partial charge on any atom is -0.367 e. The summed E-state index contributed by atoms with van der Waals surface area (Å²) in [7, 11) is 0. The molecule has 2 bridgehead atoms. The molecule has 1 nitrogen and oxygen atoms in total. The van der Waals surface area contributed by atoms with Gasteiger partial charge in [0.05, 0.1) is 15.6 Å². The Bertz CT molecular complexity index is 134. The predicted octanol–water partition coefficient (Wildman–Crippen LogP) is 1.14. The standard InChI is InChI=1S/C5H7NS2/c7-5-3-1-2-4(6-5)8-3/h3-4H,1-2H2,(H,6,7). The molecule has 2 fully saturated rings. The normalized spacial score (nSPS) is 42.8. The third kappa shape index (κ3) is 0.576. The highest BCUT2D eigenvalue weighted by molar-refractivity contribution is 8.03. The van der Waals surface area contributed by atoms with Crippen molar-refractivity contribution < 1.29 is 0 Å². The molecule has 0 spiro atoms. The number of hydrogen-bond donors (Lipinski definition) is 1. The monoisotopic (exact) mass is 145 g/mol. The fourth-order valence-corrected chi connectivity index (χ4v) is 3.02. The van der Waals surface area contributed by atoms with Crippen LogP contribution in [-0.4, -0.2) is 15.6 Å². The summed E-state index contributed by atoms with van der Waals surface area (Å²) < 4.78 is 0. The van der Waals surface area contributed by atoms with Gasteiger partial charge in [0.15, 0.2) is 0 Å². The second-order valence-corrected chi connectivity index (χ2v) is 4.05. The quantitative estimate of drug-likeness (QED) is 0.513. The molecule has 8 heavy (non-hydrogen) atoms. The minimum absolute atomic E-state index is 0.674. The number of hydrogen-bond acceptors (Lipinski definition) is 2. The molecule has 0 aliphatic carbocycles. The van der Waals surface area contributed by atoms with E-state index in [1.54, 1.807) is 0 Å². The Kier molecular flexibility index (Phi) is 1.02. The van der Waals surface area contributed by atoms with Gasteiger partial charge in [-0.2, -0.15) is 0 Å². The Hall–Kier alpha value is 0.240. The van der Waals surface area contributed by atoms with Crippen molar-refractivity contribution in [3.8, 4) is 0 Å². The summed E-state index contributed by atoms with van der Waals surface area (Å²) in [5, 5.41) is 4.60. The van der Waals surface area contributed by atoms with Gasteiger partial charge in [-0.15, -0.1) is 11.8 Å². The predicted molar refractivity (Wildman–Crippen MR) is 40.1 cm³/mol. The molecule has 0 aromatic carbocycles. The van der Waals surface area contributed by atoms with Crippen molar-refractivity contribution in [3.63, 3.8) is 0 Å². The molecule has 2 saturated heterocycles. The maximum Gasteiger partial charge on any atom is 0.0894 e. The second kappa shape index (κ2) is 1.61. The third-order valence-electron chi connectivity index (χ3n) is 1.62. The lowest BCUT2D eigenvalue weighted by Gasteiger charge is -2.09. The number of piperidine rings is 1. The van der Waals surface area contributed by atoms with Crippen molar-refractivity contribution in [1.29, 1.82) is 0 Å². The van der Waals surface area contributed by atoms with E-state index in [-0.39, 0.29) is 0 Å². The van der Waals surface area contributed by atoms with Gasteiger partial charge in [0.25, 0.3) is 0 Å². The van der Waals surface area contributed by atoms with E-state index in [0.29, 0.717) is 10.6 Å². The highest BCUT2D eigenvalue weighted by Gasteiger charge is 2.35. The summed E-state index contributed by atoms with van der Waals surface area (Å²) in [5.74, 6) is 0. The molecule has 2 aliphatic heterocycles. The lowest BCUT2D eigenvalue weighted by Crippen LogP contribution is -2.30. The Morgan fingerprint density at radius 3 is 2.75 bits per heavy atom. The first-order chi connectivity index (χ1) is 3.86. The van der Waals surface area contributed by atoms with Gasteiger partial charge in [-0.25, -0.2) is 0 Å². The van der Waals surface area contributed by atoms with Gasteiger partial charge < -0.3 is 5.32 Å². The van der Waals surface area contributed by atoms with Crippen molar-refractivity contribution in [1.82, 2.24) is 5.32 Å². The van der Waals surface area contributed by atoms with E-state index in [1.165, 1.54) is 12.8 Å². The van der Waals surface area contributed by atoms with Crippen molar-refractivity contribution in [2.24, 2.45) is 0 Å². The Morgan fingerprint density at radius 1 is 1.62 bits per heavy atom. The molecule has 2 aliphatic rings. The van der Waals surface area contributed by atoms with Gasteiger partial charge in [-0.05, 0) is 12.8 Å². The molecule has 1 N–H and O–H groups in total. The molecule has 2 heterocycles. The molecule has 2 atom stereocenters. The first-order valence-corrected chi connectivity index (χ1v) is 4.17. The van der Waals surface area contributed by atoms with Crippen LogP contribution in [0.5, 0.6) is 0 Å². The molecular formula is C5H7NS2. The third-order valence-corrected chi connectivity index (χ3v) is 3.65. The summed E-state index contributed by atoms with van der Waals surface area (Å²) in [6.45, 7) is 0. The average molecular weight is 145 g/mol. The van der Waals surface area contributed by atoms with Crippen LogP contribution in [0.1, 0.15) is 12.8 Å². The summed E-state index contributed by atoms with van der Waals surface area (Å²) in [6.07, 6.45) is 2.62. The van der Waals surface area contributed by atoms with E-state index >= 15 is 0 Å². The average Bonchev–Trinajstić information content (AvgIpc) is 2.23. The maximum atomic E-state index is 5.04. The molecule has 0 saturated carbocycles. The number of thiocarbonyl (C=S) groups is 1. The van der Waals surface area contributed by atoms with E-state index < -0.39 is 0 Å². The van der Waals surface area contributed by atoms with E-state index in [2.05, 4.69) is 5.32 Å². The van der Waals surface area contributed by atoms with E-state index in [1.807, 2.05) is 11.8 Å². The molecule has 2 unspecified atom stereocenters. The molecule has 3 heteroatoms. The Morgan fingerprint density at radius 2 is 2.50 bits per heavy atom. The van der Waals surface area contributed by atoms with Crippen molar-refractivity contribution in [3.05, 3.63) is 0 Å². The zero-order chi connectivity index (χ0) is 5.56. The molecule has 2 rings (SSSR count). The largest absolute Gasteiger partial charge is 0.367 e. The number of nitrogens with one attached hydrogen (secondary N) is 1. The lowest BCUT2D eigenvalue weighted by atomic mass is 10.2. The van der Waals surface area contributed by atoms with Crippen LogP contribution in [-0.2, 0) is 0 Å². The fraction of sp³-hybridized carbons (Fsp3) is 0.800. The van der Waals surface area contributed by atoms with Crippen LogP contribution in [0.3, 0.4) is 0 Å².